The molecule has 1 aromatic heterocycles. The number of rotatable bonds is 3. The number of nitrogens with zero attached hydrogens (tertiary/aromatic N) is 1. The number of benzene rings is 1. The molecule has 2 unspecified atom stereocenters. The smallest absolute Gasteiger partial charge is 0.293 e. The lowest BCUT2D eigenvalue weighted by Crippen LogP contribution is -2.16. The van der Waals surface area contributed by atoms with Crippen LogP contribution in [-0.4, -0.2) is 15.7 Å². The van der Waals surface area contributed by atoms with Crippen LogP contribution in [0, 0.1) is 22.0 Å². The maximum absolute atomic E-state index is 12.6. The molecule has 0 spiro atoms. The van der Waals surface area contributed by atoms with Crippen molar-refractivity contribution in [3.05, 3.63) is 40.1 Å². The summed E-state index contributed by atoms with van der Waals surface area (Å²) in [7, 11) is 0. The molecule has 1 saturated carbocycles. The minimum Gasteiger partial charge on any atom is -0.355 e. The van der Waals surface area contributed by atoms with Crippen molar-refractivity contribution in [2.45, 2.75) is 26.2 Å². The first-order valence-corrected chi connectivity index (χ1v) is 6.88. The van der Waals surface area contributed by atoms with Crippen molar-refractivity contribution >= 4 is 22.4 Å². The zero-order chi connectivity index (χ0) is 14.3. The van der Waals surface area contributed by atoms with Crippen molar-refractivity contribution in [1.82, 2.24) is 4.98 Å². The molecular weight excluding hydrogens is 256 g/mol. The fraction of sp³-hybridized carbons (Fsp3) is 0.400. The third-order valence-electron chi connectivity index (χ3n) is 4.35. The van der Waals surface area contributed by atoms with Crippen molar-refractivity contribution in [2.24, 2.45) is 11.8 Å². The van der Waals surface area contributed by atoms with Crippen molar-refractivity contribution in [3.63, 3.8) is 0 Å². The van der Waals surface area contributed by atoms with E-state index in [1.165, 1.54) is 6.07 Å². The van der Waals surface area contributed by atoms with Gasteiger partial charge in [-0.15, -0.1) is 0 Å². The summed E-state index contributed by atoms with van der Waals surface area (Å²) >= 11 is 0. The largest absolute Gasteiger partial charge is 0.355 e. The van der Waals surface area contributed by atoms with Gasteiger partial charge < -0.3 is 4.98 Å². The molecule has 0 amide bonds. The van der Waals surface area contributed by atoms with E-state index in [0.29, 0.717) is 22.4 Å². The first-order chi connectivity index (χ1) is 9.59. The standard InChI is InChI=1S/C15H16N2O3/c1-9-4-2-5-10(9)15(18)12-8-16-14-11(12)6-3-7-13(14)17(19)20/h3,6-10,16H,2,4-5H2,1H3. The molecule has 1 N–H and O–H groups in total. The lowest BCUT2D eigenvalue weighted by atomic mass is 9.89. The van der Waals surface area contributed by atoms with Crippen LogP contribution in [0.25, 0.3) is 10.9 Å². The number of H-pyrrole nitrogens is 1. The predicted molar refractivity (Wildman–Crippen MR) is 75.8 cm³/mol. The Morgan fingerprint density at radius 2 is 2.20 bits per heavy atom. The van der Waals surface area contributed by atoms with Crippen molar-refractivity contribution in [2.75, 3.05) is 0 Å². The molecule has 1 aliphatic rings. The normalized spacial score (nSPS) is 22.2. The van der Waals surface area contributed by atoms with Gasteiger partial charge in [-0.05, 0) is 18.8 Å². The van der Waals surface area contributed by atoms with Crippen LogP contribution in [0.2, 0.25) is 0 Å². The van der Waals surface area contributed by atoms with E-state index in [1.807, 2.05) is 0 Å². The van der Waals surface area contributed by atoms with Crippen LogP contribution in [0.4, 0.5) is 5.69 Å². The van der Waals surface area contributed by atoms with Gasteiger partial charge in [0.25, 0.3) is 5.69 Å². The molecule has 1 aliphatic carbocycles. The summed E-state index contributed by atoms with van der Waals surface area (Å²) in [5.41, 5.74) is 1.04. The molecule has 2 atom stereocenters. The summed E-state index contributed by atoms with van der Waals surface area (Å²) in [4.78, 5) is 26.1. The van der Waals surface area contributed by atoms with Crippen LogP contribution >= 0.6 is 0 Å². The summed E-state index contributed by atoms with van der Waals surface area (Å²) in [6.45, 7) is 2.10. The average Bonchev–Trinajstić information content (AvgIpc) is 3.03. The molecule has 0 bridgehead atoms. The number of aromatic nitrogens is 1. The van der Waals surface area contributed by atoms with Crippen LogP contribution in [0.15, 0.2) is 24.4 Å². The maximum Gasteiger partial charge on any atom is 0.293 e. The second-order valence-corrected chi connectivity index (χ2v) is 5.54. The highest BCUT2D eigenvalue weighted by atomic mass is 16.6. The predicted octanol–water partition coefficient (Wildman–Crippen LogP) is 3.70. The molecule has 5 heteroatoms. The summed E-state index contributed by atoms with van der Waals surface area (Å²) in [5, 5.41) is 11.7. The Hall–Kier alpha value is -2.17. The van der Waals surface area contributed by atoms with Gasteiger partial charge in [0.1, 0.15) is 5.52 Å². The monoisotopic (exact) mass is 272 g/mol. The molecule has 1 heterocycles. The number of ketones is 1. The lowest BCUT2D eigenvalue weighted by Gasteiger charge is -2.13. The average molecular weight is 272 g/mol. The maximum atomic E-state index is 12.6. The second kappa shape index (κ2) is 4.74. The van der Waals surface area contributed by atoms with Gasteiger partial charge in [0.15, 0.2) is 5.78 Å². The molecule has 0 aliphatic heterocycles. The second-order valence-electron chi connectivity index (χ2n) is 5.54. The Morgan fingerprint density at radius 3 is 2.85 bits per heavy atom. The minimum atomic E-state index is -0.425. The number of hydrogen-bond acceptors (Lipinski definition) is 3. The summed E-state index contributed by atoms with van der Waals surface area (Å²) in [6, 6.07) is 4.85. The first-order valence-electron chi connectivity index (χ1n) is 6.88. The van der Waals surface area contributed by atoms with Gasteiger partial charge in [0.05, 0.1) is 4.92 Å². The SMILES string of the molecule is CC1CCCC1C(=O)c1c[nH]c2c([N+](=O)[O-])cccc12. The molecule has 1 fully saturated rings. The summed E-state index contributed by atoms with van der Waals surface area (Å²) < 4.78 is 0. The lowest BCUT2D eigenvalue weighted by molar-refractivity contribution is -0.383. The molecule has 20 heavy (non-hydrogen) atoms. The van der Waals surface area contributed by atoms with Gasteiger partial charge in [-0.1, -0.05) is 25.5 Å². The van der Waals surface area contributed by atoms with Crippen LogP contribution in [0.3, 0.4) is 0 Å². The molecule has 2 aromatic rings. The van der Waals surface area contributed by atoms with Gasteiger partial charge in [-0.25, -0.2) is 0 Å². The number of hydrogen-bond donors (Lipinski definition) is 1. The topological polar surface area (TPSA) is 76.0 Å². The van der Waals surface area contributed by atoms with E-state index < -0.39 is 4.92 Å². The number of nitro groups is 1. The minimum absolute atomic E-state index is 0.0148. The van der Waals surface area contributed by atoms with E-state index in [4.69, 9.17) is 0 Å². The number of Topliss-reactive ketones (excluding diaryl/α,β-unsaturated/α-hetero) is 1. The number of carbonyl (C=O) groups excluding carboxylic acids is 1. The molecule has 104 valence electrons. The van der Waals surface area contributed by atoms with Gasteiger partial charge in [-0.2, -0.15) is 0 Å². The zero-order valence-electron chi connectivity index (χ0n) is 11.3. The van der Waals surface area contributed by atoms with E-state index in [0.717, 1.165) is 19.3 Å². The molecule has 0 radical (unpaired) electrons. The van der Waals surface area contributed by atoms with Crippen molar-refractivity contribution in [3.8, 4) is 0 Å². The van der Waals surface area contributed by atoms with E-state index in [2.05, 4.69) is 11.9 Å². The van der Waals surface area contributed by atoms with Crippen LogP contribution < -0.4 is 0 Å². The molecular formula is C15H16N2O3. The Kier molecular flexibility index (Phi) is 3.04. The van der Waals surface area contributed by atoms with E-state index in [-0.39, 0.29) is 17.4 Å². The quantitative estimate of drug-likeness (QED) is 0.526. The number of fused-ring (bicyclic) bond motifs is 1. The van der Waals surface area contributed by atoms with Gasteiger partial charge in [0.2, 0.25) is 0 Å². The van der Waals surface area contributed by atoms with Gasteiger partial charge in [0, 0.05) is 29.1 Å². The van der Waals surface area contributed by atoms with E-state index >= 15 is 0 Å². The fourth-order valence-electron chi connectivity index (χ4n) is 3.23. The highest BCUT2D eigenvalue weighted by Gasteiger charge is 2.32. The number of non-ortho nitro benzene ring substituents is 1. The van der Waals surface area contributed by atoms with E-state index in [9.17, 15) is 14.9 Å². The van der Waals surface area contributed by atoms with Gasteiger partial charge >= 0.3 is 0 Å². The van der Waals surface area contributed by atoms with Gasteiger partial charge in [-0.3, -0.25) is 14.9 Å². The number of para-hydroxylation sites is 1. The first kappa shape index (κ1) is 12.8. The Balaban J connectivity index is 2.07. The number of carbonyl (C=O) groups is 1. The zero-order valence-corrected chi connectivity index (χ0v) is 11.3. The van der Waals surface area contributed by atoms with Crippen molar-refractivity contribution < 1.29 is 9.72 Å². The van der Waals surface area contributed by atoms with Crippen LogP contribution in [0.5, 0.6) is 0 Å². The Morgan fingerprint density at radius 1 is 1.40 bits per heavy atom. The Bertz CT molecular complexity index is 689. The van der Waals surface area contributed by atoms with Crippen molar-refractivity contribution in [1.29, 1.82) is 0 Å². The highest BCUT2D eigenvalue weighted by molar-refractivity contribution is 6.10. The third-order valence-corrected chi connectivity index (χ3v) is 4.35. The third kappa shape index (κ3) is 1.90. The summed E-state index contributed by atoms with van der Waals surface area (Å²) in [5.74, 6) is 0.557. The number of nitro benzene ring substituents is 1. The fourth-order valence-corrected chi connectivity index (χ4v) is 3.23. The Labute approximate surface area is 116 Å². The molecule has 1 aromatic carbocycles. The number of aromatic amines is 1. The van der Waals surface area contributed by atoms with Crippen LogP contribution in [-0.2, 0) is 0 Å². The molecule has 5 nitrogen and oxygen atoms in total. The molecule has 0 saturated heterocycles. The van der Waals surface area contributed by atoms with E-state index in [1.54, 1.807) is 18.3 Å². The van der Waals surface area contributed by atoms with Crippen LogP contribution in [0.1, 0.15) is 36.5 Å². The summed E-state index contributed by atoms with van der Waals surface area (Å²) in [6.07, 6.45) is 4.70. The number of nitrogens with one attached hydrogen (secondary N) is 1. The molecule has 3 rings (SSSR count). The highest BCUT2D eigenvalue weighted by Crippen LogP contribution is 2.36.